The number of ether oxygens (including phenoxy) is 1. The van der Waals surface area contributed by atoms with E-state index in [2.05, 4.69) is 0 Å². The summed E-state index contributed by atoms with van der Waals surface area (Å²) in [5.74, 6) is -1.77. The normalized spacial score (nSPS) is 14.9. The lowest BCUT2D eigenvalue weighted by Gasteiger charge is -2.29. The number of aryl methyl sites for hydroxylation is 2. The minimum absolute atomic E-state index is 0.102. The maximum absolute atomic E-state index is 13.0. The average Bonchev–Trinajstić information content (AvgIpc) is 2.28. The summed E-state index contributed by atoms with van der Waals surface area (Å²) < 4.78 is 44.0. The average molecular weight is 277 g/mol. The molecule has 0 amide bonds. The number of carboxylic acid groups (broad SMARTS) is 1. The molecule has 0 aliphatic heterocycles. The number of benzene rings is 1. The van der Waals surface area contributed by atoms with Crippen molar-refractivity contribution in [1.29, 1.82) is 0 Å². The standard InChI is InChI=1S/C12H14F3NO3/c1-6-5-9(19-3)7(2)4-8(6)11(16,10(17)18)12(13,14)15/h4-5H,16H2,1-3H3,(H,17,18). The Morgan fingerprint density at radius 1 is 1.26 bits per heavy atom. The number of carbonyl (C=O) groups is 1. The van der Waals surface area contributed by atoms with Crippen LogP contribution >= 0.6 is 0 Å². The summed E-state index contributed by atoms with van der Waals surface area (Å²) >= 11 is 0. The number of nitrogens with two attached hydrogens (primary N) is 1. The molecule has 0 saturated heterocycles. The lowest BCUT2D eigenvalue weighted by Crippen LogP contribution is -2.57. The fourth-order valence-corrected chi connectivity index (χ4v) is 1.82. The fraction of sp³-hybridized carbons (Fsp3) is 0.417. The van der Waals surface area contributed by atoms with Gasteiger partial charge in [-0.15, -0.1) is 0 Å². The highest BCUT2D eigenvalue weighted by Gasteiger charge is 2.60. The highest BCUT2D eigenvalue weighted by Crippen LogP contribution is 2.40. The van der Waals surface area contributed by atoms with Gasteiger partial charge in [-0.25, -0.2) is 4.79 Å². The Hall–Kier alpha value is -1.76. The second-order valence-electron chi connectivity index (χ2n) is 4.25. The smallest absolute Gasteiger partial charge is 0.421 e. The topological polar surface area (TPSA) is 72.5 Å². The third-order valence-electron chi connectivity index (χ3n) is 2.95. The molecule has 4 nitrogen and oxygen atoms in total. The molecule has 0 aliphatic rings. The first-order valence-corrected chi connectivity index (χ1v) is 5.30. The van der Waals surface area contributed by atoms with E-state index in [-0.39, 0.29) is 5.56 Å². The zero-order valence-corrected chi connectivity index (χ0v) is 10.6. The molecule has 3 N–H and O–H groups in total. The maximum Gasteiger partial charge on any atom is 0.421 e. The third kappa shape index (κ3) is 2.37. The Balaban J connectivity index is 3.59. The molecule has 1 aromatic carbocycles. The van der Waals surface area contributed by atoms with Crippen LogP contribution in [0.15, 0.2) is 12.1 Å². The monoisotopic (exact) mass is 277 g/mol. The molecule has 0 heterocycles. The van der Waals surface area contributed by atoms with Crippen molar-refractivity contribution in [1.82, 2.24) is 0 Å². The summed E-state index contributed by atoms with van der Waals surface area (Å²) in [6.45, 7) is 2.87. The lowest BCUT2D eigenvalue weighted by molar-refractivity contribution is -0.204. The number of methoxy groups -OCH3 is 1. The Bertz CT molecular complexity index is 514. The molecule has 0 saturated carbocycles. The quantitative estimate of drug-likeness (QED) is 0.887. The summed E-state index contributed by atoms with van der Waals surface area (Å²) in [7, 11) is 1.37. The Morgan fingerprint density at radius 2 is 1.79 bits per heavy atom. The maximum atomic E-state index is 13.0. The molecule has 1 aromatic rings. The van der Waals surface area contributed by atoms with Gasteiger partial charge in [-0.2, -0.15) is 13.2 Å². The van der Waals surface area contributed by atoms with Crippen LogP contribution in [0.5, 0.6) is 5.75 Å². The van der Waals surface area contributed by atoms with E-state index in [1.807, 2.05) is 0 Å². The Labute approximate surface area is 108 Å². The number of aliphatic carboxylic acids is 1. The van der Waals surface area contributed by atoms with Gasteiger partial charge in [0.05, 0.1) is 7.11 Å². The summed E-state index contributed by atoms with van der Waals surface area (Å²) in [6.07, 6.45) is -5.11. The molecular formula is C12H14F3NO3. The van der Waals surface area contributed by atoms with Crippen molar-refractivity contribution in [2.45, 2.75) is 25.6 Å². The van der Waals surface area contributed by atoms with Crippen LogP contribution in [0.1, 0.15) is 16.7 Å². The largest absolute Gasteiger partial charge is 0.496 e. The number of hydrogen-bond donors (Lipinski definition) is 2. The van der Waals surface area contributed by atoms with Gasteiger partial charge in [-0.3, -0.25) is 0 Å². The van der Waals surface area contributed by atoms with Crippen LogP contribution in [-0.2, 0) is 10.3 Å². The molecule has 7 heteroatoms. The molecular weight excluding hydrogens is 263 g/mol. The first kappa shape index (κ1) is 15.3. The summed E-state index contributed by atoms with van der Waals surface area (Å²) in [5, 5.41) is 8.89. The van der Waals surface area contributed by atoms with Crippen molar-refractivity contribution in [3.05, 3.63) is 28.8 Å². The van der Waals surface area contributed by atoms with Crippen LogP contribution in [0.2, 0.25) is 0 Å². The number of halogens is 3. The fourth-order valence-electron chi connectivity index (χ4n) is 1.82. The minimum Gasteiger partial charge on any atom is -0.496 e. The van der Waals surface area contributed by atoms with Crippen molar-refractivity contribution in [2.75, 3.05) is 7.11 Å². The van der Waals surface area contributed by atoms with Crippen molar-refractivity contribution in [3.8, 4) is 5.75 Å². The van der Waals surface area contributed by atoms with Crippen molar-refractivity contribution in [2.24, 2.45) is 5.73 Å². The van der Waals surface area contributed by atoms with E-state index in [1.54, 1.807) is 0 Å². The van der Waals surface area contributed by atoms with Crippen LogP contribution in [0.4, 0.5) is 13.2 Å². The van der Waals surface area contributed by atoms with E-state index in [0.29, 0.717) is 11.3 Å². The minimum atomic E-state index is -5.11. The van der Waals surface area contributed by atoms with E-state index >= 15 is 0 Å². The van der Waals surface area contributed by atoms with Gasteiger partial charge in [0.15, 0.2) is 0 Å². The van der Waals surface area contributed by atoms with E-state index in [1.165, 1.54) is 27.0 Å². The van der Waals surface area contributed by atoms with Crippen LogP contribution in [0, 0.1) is 13.8 Å². The molecule has 0 aliphatic carbocycles. The van der Waals surface area contributed by atoms with Gasteiger partial charge in [-0.05, 0) is 42.7 Å². The SMILES string of the molecule is COc1cc(C)c(C(N)(C(=O)O)C(F)(F)F)cc1C. The first-order chi connectivity index (χ1) is 8.55. The van der Waals surface area contributed by atoms with E-state index < -0.39 is 23.2 Å². The molecule has 1 atom stereocenters. The summed E-state index contributed by atoms with van der Waals surface area (Å²) in [5.41, 5.74) is 1.68. The van der Waals surface area contributed by atoms with Crippen LogP contribution in [-0.4, -0.2) is 24.4 Å². The zero-order valence-electron chi connectivity index (χ0n) is 10.6. The highest BCUT2D eigenvalue weighted by molar-refractivity contribution is 5.82. The van der Waals surface area contributed by atoms with Crippen LogP contribution in [0.25, 0.3) is 0 Å². The molecule has 19 heavy (non-hydrogen) atoms. The Kier molecular flexibility index (Phi) is 3.81. The van der Waals surface area contributed by atoms with Crippen LogP contribution in [0.3, 0.4) is 0 Å². The first-order valence-electron chi connectivity index (χ1n) is 5.30. The predicted octanol–water partition coefficient (Wildman–Crippen LogP) is 2.11. The summed E-state index contributed by atoms with van der Waals surface area (Å²) in [6, 6.07) is 2.43. The number of alkyl halides is 3. The van der Waals surface area contributed by atoms with Gasteiger partial charge in [0, 0.05) is 0 Å². The molecule has 0 bridgehead atoms. The van der Waals surface area contributed by atoms with Gasteiger partial charge in [0.2, 0.25) is 5.54 Å². The Morgan fingerprint density at radius 3 is 2.16 bits per heavy atom. The van der Waals surface area contributed by atoms with E-state index in [0.717, 1.165) is 6.07 Å². The number of hydrogen-bond acceptors (Lipinski definition) is 3. The molecule has 0 radical (unpaired) electrons. The van der Waals surface area contributed by atoms with E-state index in [9.17, 15) is 18.0 Å². The second-order valence-corrected chi connectivity index (χ2v) is 4.25. The van der Waals surface area contributed by atoms with Gasteiger partial charge < -0.3 is 15.6 Å². The predicted molar refractivity (Wildman–Crippen MR) is 62.0 cm³/mol. The molecule has 1 unspecified atom stereocenters. The van der Waals surface area contributed by atoms with Crippen molar-refractivity contribution in [3.63, 3.8) is 0 Å². The summed E-state index contributed by atoms with van der Waals surface area (Å²) in [4.78, 5) is 11.0. The van der Waals surface area contributed by atoms with Crippen molar-refractivity contribution >= 4 is 5.97 Å². The van der Waals surface area contributed by atoms with E-state index in [4.69, 9.17) is 15.6 Å². The van der Waals surface area contributed by atoms with Gasteiger partial charge in [0.1, 0.15) is 5.75 Å². The third-order valence-corrected chi connectivity index (χ3v) is 2.95. The molecule has 0 aromatic heterocycles. The van der Waals surface area contributed by atoms with Gasteiger partial charge in [0.25, 0.3) is 0 Å². The highest BCUT2D eigenvalue weighted by atomic mass is 19.4. The van der Waals surface area contributed by atoms with Gasteiger partial charge in [-0.1, -0.05) is 0 Å². The molecule has 106 valence electrons. The van der Waals surface area contributed by atoms with Crippen molar-refractivity contribution < 1.29 is 27.8 Å². The number of carboxylic acids is 1. The molecule has 1 rings (SSSR count). The number of rotatable bonds is 3. The zero-order chi connectivity index (χ0) is 15.0. The van der Waals surface area contributed by atoms with Gasteiger partial charge >= 0.3 is 12.1 Å². The molecule has 0 spiro atoms. The second kappa shape index (κ2) is 4.73. The lowest BCUT2D eigenvalue weighted by atomic mass is 9.85. The van der Waals surface area contributed by atoms with Crippen LogP contribution < -0.4 is 10.5 Å². The molecule has 0 fully saturated rings.